The molecule has 0 saturated carbocycles. The maximum atomic E-state index is 5.11. The standard InChI is InChI=1S/C47H32N4/c1-4-14-31(15-5-1)36-27-28-37(40-21-11-10-20-39(36)40)34-24-26-38-35(30-34)25-29-43-44(38)41-22-12-13-23-42(41)51(43)47-49-45(32-16-6-2-7-17-32)48-46(50-47)33-18-8-3-9-19-33/h1-30,39-40H. The molecule has 2 unspecified atom stereocenters. The molecule has 2 aliphatic rings. The molecule has 2 atom stereocenters. The van der Waals surface area contributed by atoms with E-state index in [0.717, 1.165) is 22.2 Å². The van der Waals surface area contributed by atoms with Crippen molar-refractivity contribution in [1.29, 1.82) is 0 Å². The topological polar surface area (TPSA) is 43.6 Å². The van der Waals surface area contributed by atoms with E-state index in [1.807, 2.05) is 60.7 Å². The van der Waals surface area contributed by atoms with E-state index in [9.17, 15) is 0 Å². The molecule has 0 saturated heterocycles. The molecule has 2 heterocycles. The van der Waals surface area contributed by atoms with Crippen molar-refractivity contribution in [2.75, 3.05) is 0 Å². The summed E-state index contributed by atoms with van der Waals surface area (Å²) in [5, 5.41) is 4.78. The zero-order valence-electron chi connectivity index (χ0n) is 27.8. The quantitative estimate of drug-likeness (QED) is 0.186. The first kappa shape index (κ1) is 29.3. The fraction of sp³-hybridized carbons (Fsp3) is 0.0426. The average Bonchev–Trinajstić information content (AvgIpc) is 3.56. The Bertz CT molecular complexity index is 2680. The molecule has 8 aromatic rings. The molecule has 0 amide bonds. The minimum absolute atomic E-state index is 0.278. The molecular weight excluding hydrogens is 621 g/mol. The summed E-state index contributed by atoms with van der Waals surface area (Å²) in [5.74, 6) is 2.47. The Morgan fingerprint density at radius 2 is 1.00 bits per heavy atom. The average molecular weight is 653 g/mol. The largest absolute Gasteiger partial charge is 0.278 e. The van der Waals surface area contributed by atoms with Crippen LogP contribution in [0.2, 0.25) is 0 Å². The lowest BCUT2D eigenvalue weighted by atomic mass is 9.71. The monoisotopic (exact) mass is 652 g/mol. The Kier molecular flexibility index (Phi) is 6.91. The van der Waals surface area contributed by atoms with Gasteiger partial charge in [-0.25, -0.2) is 4.98 Å². The number of aromatic nitrogens is 4. The Balaban J connectivity index is 1.15. The molecule has 10 rings (SSSR count). The molecule has 0 bridgehead atoms. The van der Waals surface area contributed by atoms with Crippen molar-refractivity contribution in [2.24, 2.45) is 11.8 Å². The molecule has 4 heteroatoms. The van der Waals surface area contributed by atoms with Gasteiger partial charge in [0.1, 0.15) is 0 Å². The number of para-hydroxylation sites is 1. The van der Waals surface area contributed by atoms with Gasteiger partial charge < -0.3 is 0 Å². The summed E-state index contributed by atoms with van der Waals surface area (Å²) in [6.45, 7) is 0. The van der Waals surface area contributed by atoms with Gasteiger partial charge >= 0.3 is 0 Å². The van der Waals surface area contributed by atoms with E-state index in [2.05, 4.69) is 126 Å². The molecule has 0 radical (unpaired) electrons. The van der Waals surface area contributed by atoms with Gasteiger partial charge in [-0.2, -0.15) is 9.97 Å². The second-order valence-corrected chi connectivity index (χ2v) is 13.2. The number of nitrogens with zero attached hydrogens (tertiary/aromatic N) is 4. The molecule has 2 aliphatic carbocycles. The van der Waals surface area contributed by atoms with Gasteiger partial charge in [-0.1, -0.05) is 164 Å². The van der Waals surface area contributed by atoms with Crippen molar-refractivity contribution < 1.29 is 0 Å². The third kappa shape index (κ3) is 4.95. The van der Waals surface area contributed by atoms with Crippen molar-refractivity contribution in [3.63, 3.8) is 0 Å². The second kappa shape index (κ2) is 12.0. The van der Waals surface area contributed by atoms with Crippen molar-refractivity contribution in [3.05, 3.63) is 193 Å². The first-order chi connectivity index (χ1) is 25.3. The van der Waals surface area contributed by atoms with Gasteiger partial charge in [0.05, 0.1) is 11.0 Å². The van der Waals surface area contributed by atoms with Gasteiger partial charge in [0.25, 0.3) is 0 Å². The summed E-state index contributed by atoms with van der Waals surface area (Å²) in [4.78, 5) is 15.2. The summed E-state index contributed by atoms with van der Waals surface area (Å²) >= 11 is 0. The highest BCUT2D eigenvalue weighted by Crippen LogP contribution is 2.45. The molecule has 6 aromatic carbocycles. The van der Waals surface area contributed by atoms with Crippen molar-refractivity contribution in [1.82, 2.24) is 19.5 Å². The number of benzene rings is 6. The Hall–Kier alpha value is -6.65. The van der Waals surface area contributed by atoms with Crippen molar-refractivity contribution >= 4 is 43.7 Å². The summed E-state index contributed by atoms with van der Waals surface area (Å²) in [6.07, 6.45) is 13.7. The molecule has 4 nitrogen and oxygen atoms in total. The van der Waals surface area contributed by atoms with Crippen LogP contribution in [-0.4, -0.2) is 19.5 Å². The van der Waals surface area contributed by atoms with Crippen LogP contribution in [-0.2, 0) is 0 Å². The molecule has 2 aromatic heterocycles. The third-order valence-corrected chi connectivity index (χ3v) is 10.3. The van der Waals surface area contributed by atoms with Gasteiger partial charge in [0, 0.05) is 33.7 Å². The highest BCUT2D eigenvalue weighted by Gasteiger charge is 2.30. The van der Waals surface area contributed by atoms with E-state index < -0.39 is 0 Å². The van der Waals surface area contributed by atoms with E-state index in [1.165, 1.54) is 43.8 Å². The van der Waals surface area contributed by atoms with Crippen LogP contribution in [0.5, 0.6) is 0 Å². The van der Waals surface area contributed by atoms with Crippen molar-refractivity contribution in [3.8, 4) is 28.7 Å². The second-order valence-electron chi connectivity index (χ2n) is 13.2. The van der Waals surface area contributed by atoms with Crippen LogP contribution in [0.3, 0.4) is 0 Å². The van der Waals surface area contributed by atoms with E-state index >= 15 is 0 Å². The Labute approximate surface area is 296 Å². The lowest BCUT2D eigenvalue weighted by Gasteiger charge is -2.32. The van der Waals surface area contributed by atoms with Gasteiger partial charge in [-0.3, -0.25) is 4.57 Å². The number of hydrogen-bond donors (Lipinski definition) is 0. The minimum atomic E-state index is 0.278. The maximum Gasteiger partial charge on any atom is 0.238 e. The SMILES string of the molecule is C1=CC2C(c3ccccc3)=CC=C(c3ccc4c(ccc5c4c4ccccc4n5-c4nc(-c5ccccc5)nc(-c5ccccc5)n4)c3)C2C=C1. The predicted molar refractivity (Wildman–Crippen MR) is 210 cm³/mol. The first-order valence-electron chi connectivity index (χ1n) is 17.5. The smallest absolute Gasteiger partial charge is 0.238 e. The molecule has 0 fully saturated rings. The van der Waals surface area contributed by atoms with Gasteiger partial charge in [0.2, 0.25) is 5.95 Å². The summed E-state index contributed by atoms with van der Waals surface area (Å²) in [5.41, 5.74) is 9.26. The van der Waals surface area contributed by atoms with Crippen LogP contribution in [0.1, 0.15) is 11.1 Å². The highest BCUT2D eigenvalue weighted by molar-refractivity contribution is 6.21. The fourth-order valence-corrected chi connectivity index (χ4v) is 7.90. The first-order valence-corrected chi connectivity index (χ1v) is 17.5. The summed E-state index contributed by atoms with van der Waals surface area (Å²) in [6, 6.07) is 51.1. The summed E-state index contributed by atoms with van der Waals surface area (Å²) in [7, 11) is 0. The lowest BCUT2D eigenvalue weighted by Crippen LogP contribution is -2.19. The Morgan fingerprint density at radius 3 is 1.65 bits per heavy atom. The van der Waals surface area contributed by atoms with E-state index in [4.69, 9.17) is 15.0 Å². The zero-order valence-corrected chi connectivity index (χ0v) is 27.8. The Morgan fingerprint density at radius 1 is 0.431 bits per heavy atom. The number of rotatable bonds is 5. The van der Waals surface area contributed by atoms with Crippen LogP contribution < -0.4 is 0 Å². The summed E-state index contributed by atoms with van der Waals surface area (Å²) < 4.78 is 2.20. The third-order valence-electron chi connectivity index (χ3n) is 10.3. The van der Waals surface area contributed by atoms with Gasteiger partial charge in [-0.15, -0.1) is 0 Å². The van der Waals surface area contributed by atoms with Crippen molar-refractivity contribution in [2.45, 2.75) is 0 Å². The van der Waals surface area contributed by atoms with E-state index in [1.54, 1.807) is 0 Å². The molecule has 0 spiro atoms. The van der Waals surface area contributed by atoms with Gasteiger partial charge in [-0.05, 0) is 51.2 Å². The number of fused-ring (bicyclic) bond motifs is 6. The predicted octanol–water partition coefficient (Wildman–Crippen LogP) is 11.3. The van der Waals surface area contributed by atoms with Crippen LogP contribution in [0.4, 0.5) is 0 Å². The van der Waals surface area contributed by atoms with Crippen LogP contribution in [0.25, 0.3) is 72.4 Å². The van der Waals surface area contributed by atoms with E-state index in [-0.39, 0.29) is 5.92 Å². The maximum absolute atomic E-state index is 5.11. The number of allylic oxidation sites excluding steroid dienone is 8. The van der Waals surface area contributed by atoms with Crippen LogP contribution in [0.15, 0.2) is 182 Å². The molecule has 0 N–H and O–H groups in total. The van der Waals surface area contributed by atoms with Crippen LogP contribution in [0, 0.1) is 11.8 Å². The minimum Gasteiger partial charge on any atom is -0.278 e. The molecule has 51 heavy (non-hydrogen) atoms. The molecular formula is C47H32N4. The fourth-order valence-electron chi connectivity index (χ4n) is 7.90. The van der Waals surface area contributed by atoms with Gasteiger partial charge in [0.15, 0.2) is 11.6 Å². The van der Waals surface area contributed by atoms with E-state index in [0.29, 0.717) is 23.5 Å². The number of hydrogen-bond acceptors (Lipinski definition) is 3. The molecule has 0 aliphatic heterocycles. The highest BCUT2D eigenvalue weighted by atomic mass is 15.2. The normalized spacial score (nSPS) is 16.7. The lowest BCUT2D eigenvalue weighted by molar-refractivity contribution is 0.695. The molecule has 240 valence electrons. The van der Waals surface area contributed by atoms with Crippen LogP contribution >= 0.6 is 0 Å². The zero-order chi connectivity index (χ0) is 33.7.